The molecule has 2 heterocycles. The molecule has 3 aromatic rings. The molecule has 0 aliphatic carbocycles. The van der Waals surface area contributed by atoms with Crippen LogP contribution in [0, 0.1) is 25.2 Å². The minimum atomic E-state index is -0.271. The Labute approximate surface area is 158 Å². The molecule has 0 spiro atoms. The molecule has 0 fully saturated rings. The van der Waals surface area contributed by atoms with Gasteiger partial charge in [-0.3, -0.25) is 5.32 Å². The summed E-state index contributed by atoms with van der Waals surface area (Å²) in [7, 11) is 0. The third kappa shape index (κ3) is 3.34. The number of hydrogen-bond acceptors (Lipinski definition) is 4. The Morgan fingerprint density at radius 3 is 2.67 bits per heavy atom. The molecule has 7 heteroatoms. The first-order chi connectivity index (χ1) is 13.0. The first kappa shape index (κ1) is 18.4. The summed E-state index contributed by atoms with van der Waals surface area (Å²) in [5, 5.41) is 17.6. The predicted octanol–water partition coefficient (Wildman–Crippen LogP) is 3.78. The molecule has 0 aliphatic rings. The number of nitriles is 1. The molecule has 0 aliphatic heterocycles. The van der Waals surface area contributed by atoms with Crippen LogP contribution >= 0.6 is 0 Å². The molecule has 3 rings (SSSR count). The number of para-hydroxylation sites is 1. The molecule has 2 aromatic heterocycles. The fourth-order valence-electron chi connectivity index (χ4n) is 3.07. The lowest BCUT2D eigenvalue weighted by Gasteiger charge is -2.19. The van der Waals surface area contributed by atoms with Crippen molar-refractivity contribution in [3.63, 3.8) is 0 Å². The average Bonchev–Trinajstić information content (AvgIpc) is 3.06. The van der Waals surface area contributed by atoms with Gasteiger partial charge in [0.25, 0.3) is 0 Å². The van der Waals surface area contributed by atoms with Crippen LogP contribution in [-0.2, 0) is 0 Å². The first-order valence-electron chi connectivity index (χ1n) is 8.91. The van der Waals surface area contributed by atoms with Crippen LogP contribution in [0.25, 0.3) is 16.7 Å². The quantitative estimate of drug-likeness (QED) is 0.765. The summed E-state index contributed by atoms with van der Waals surface area (Å²) in [5.41, 5.74) is 3.27. The lowest BCUT2D eigenvalue weighted by atomic mass is 10.1. The highest BCUT2D eigenvalue weighted by Crippen LogP contribution is 2.25. The molecular formula is C20H22N6O. The zero-order valence-corrected chi connectivity index (χ0v) is 15.9. The smallest absolute Gasteiger partial charge is 0.323 e. The highest BCUT2D eigenvalue weighted by molar-refractivity contribution is 5.90. The molecule has 1 aromatic carbocycles. The van der Waals surface area contributed by atoms with Crippen molar-refractivity contribution in [3.8, 4) is 11.9 Å². The van der Waals surface area contributed by atoms with E-state index in [-0.39, 0.29) is 6.03 Å². The van der Waals surface area contributed by atoms with E-state index >= 15 is 0 Å². The van der Waals surface area contributed by atoms with Gasteiger partial charge in [0, 0.05) is 18.5 Å². The van der Waals surface area contributed by atoms with Gasteiger partial charge in [0.05, 0.1) is 11.7 Å². The minimum Gasteiger partial charge on any atom is -0.325 e. The first-order valence-corrected chi connectivity index (χ1v) is 8.91. The fraction of sp³-hybridized carbons (Fsp3) is 0.300. The van der Waals surface area contributed by atoms with Crippen molar-refractivity contribution < 1.29 is 4.79 Å². The van der Waals surface area contributed by atoms with Gasteiger partial charge in [-0.05, 0) is 44.9 Å². The molecule has 27 heavy (non-hydrogen) atoms. The van der Waals surface area contributed by atoms with Gasteiger partial charge in [-0.2, -0.15) is 15.0 Å². The standard InChI is InChI=1S/C20H22N6O/c1-5-25(6-2)20(27)24-19-15(11-21)12-22-26(19)17-10-14(4)16-9-7-8-13(3)18(16)23-17/h7-10,12H,5-6H2,1-4H3,(H,24,27). The second kappa shape index (κ2) is 7.46. The number of anilines is 1. The lowest BCUT2D eigenvalue weighted by Crippen LogP contribution is -2.35. The largest absolute Gasteiger partial charge is 0.325 e. The predicted molar refractivity (Wildman–Crippen MR) is 105 cm³/mol. The summed E-state index contributed by atoms with van der Waals surface area (Å²) in [6, 6.07) is 9.76. The topological polar surface area (TPSA) is 86.8 Å². The highest BCUT2D eigenvalue weighted by Gasteiger charge is 2.19. The number of fused-ring (bicyclic) bond motifs is 1. The van der Waals surface area contributed by atoms with Crippen molar-refractivity contribution in [3.05, 3.63) is 47.2 Å². The van der Waals surface area contributed by atoms with Gasteiger partial charge < -0.3 is 4.90 Å². The lowest BCUT2D eigenvalue weighted by molar-refractivity contribution is 0.217. The number of urea groups is 1. The van der Waals surface area contributed by atoms with Gasteiger partial charge in [-0.1, -0.05) is 18.2 Å². The summed E-state index contributed by atoms with van der Waals surface area (Å²) in [6.07, 6.45) is 1.44. The molecule has 1 N–H and O–H groups in total. The van der Waals surface area contributed by atoms with Gasteiger partial charge in [-0.25, -0.2) is 9.78 Å². The molecule has 0 unspecified atom stereocenters. The summed E-state index contributed by atoms with van der Waals surface area (Å²) in [4.78, 5) is 18.9. The van der Waals surface area contributed by atoms with E-state index in [9.17, 15) is 10.1 Å². The highest BCUT2D eigenvalue weighted by atomic mass is 16.2. The summed E-state index contributed by atoms with van der Waals surface area (Å²) >= 11 is 0. The third-order valence-corrected chi connectivity index (χ3v) is 4.62. The van der Waals surface area contributed by atoms with E-state index in [0.29, 0.717) is 30.3 Å². The molecule has 0 saturated carbocycles. The van der Waals surface area contributed by atoms with Crippen molar-refractivity contribution in [2.24, 2.45) is 0 Å². The van der Waals surface area contributed by atoms with E-state index in [1.54, 1.807) is 4.90 Å². The zero-order chi connectivity index (χ0) is 19.6. The van der Waals surface area contributed by atoms with E-state index in [2.05, 4.69) is 16.5 Å². The monoisotopic (exact) mass is 362 g/mol. The van der Waals surface area contributed by atoms with E-state index in [4.69, 9.17) is 4.98 Å². The maximum atomic E-state index is 12.5. The van der Waals surface area contributed by atoms with Crippen LogP contribution in [0.5, 0.6) is 0 Å². The van der Waals surface area contributed by atoms with Crippen LogP contribution < -0.4 is 5.32 Å². The Morgan fingerprint density at radius 1 is 1.26 bits per heavy atom. The van der Waals surface area contributed by atoms with Gasteiger partial charge in [0.15, 0.2) is 11.6 Å². The molecule has 0 bridgehead atoms. The Kier molecular flexibility index (Phi) is 5.08. The van der Waals surface area contributed by atoms with Crippen LogP contribution in [0.1, 0.15) is 30.5 Å². The number of aromatic nitrogens is 3. The van der Waals surface area contributed by atoms with Crippen molar-refractivity contribution in [2.45, 2.75) is 27.7 Å². The molecule has 0 radical (unpaired) electrons. The van der Waals surface area contributed by atoms with E-state index in [1.165, 1.54) is 10.9 Å². The maximum Gasteiger partial charge on any atom is 0.323 e. The second-order valence-corrected chi connectivity index (χ2v) is 6.30. The minimum absolute atomic E-state index is 0.271. The SMILES string of the molecule is CCN(CC)C(=O)Nc1c(C#N)cnn1-c1cc(C)c2cccc(C)c2n1. The Bertz CT molecular complexity index is 1040. The number of benzene rings is 1. The number of carbonyl (C=O) groups is 1. The summed E-state index contributed by atoms with van der Waals surface area (Å²) in [6.45, 7) is 8.97. The normalized spacial score (nSPS) is 10.6. The number of aryl methyl sites for hydroxylation is 2. The van der Waals surface area contributed by atoms with Crippen molar-refractivity contribution >= 4 is 22.8 Å². The number of nitrogens with one attached hydrogen (secondary N) is 1. The molecular weight excluding hydrogens is 340 g/mol. The number of carbonyl (C=O) groups excluding carboxylic acids is 1. The average molecular weight is 362 g/mol. The van der Waals surface area contributed by atoms with E-state index < -0.39 is 0 Å². The Hall–Kier alpha value is -3.40. The zero-order valence-electron chi connectivity index (χ0n) is 15.9. The van der Waals surface area contributed by atoms with Crippen LogP contribution in [0.4, 0.5) is 10.6 Å². The van der Waals surface area contributed by atoms with Crippen molar-refractivity contribution in [1.29, 1.82) is 5.26 Å². The van der Waals surface area contributed by atoms with Gasteiger partial charge in [0.2, 0.25) is 0 Å². The van der Waals surface area contributed by atoms with Crippen molar-refractivity contribution in [2.75, 3.05) is 18.4 Å². The fourth-order valence-corrected chi connectivity index (χ4v) is 3.07. The molecule has 7 nitrogen and oxygen atoms in total. The Balaban J connectivity index is 2.12. The van der Waals surface area contributed by atoms with Crippen LogP contribution in [0.3, 0.4) is 0 Å². The molecule has 2 amide bonds. The van der Waals surface area contributed by atoms with Crippen LogP contribution in [0.15, 0.2) is 30.5 Å². The van der Waals surface area contributed by atoms with Gasteiger partial charge in [0.1, 0.15) is 11.6 Å². The summed E-state index contributed by atoms with van der Waals surface area (Å²) < 4.78 is 1.51. The second-order valence-electron chi connectivity index (χ2n) is 6.30. The molecule has 138 valence electrons. The number of nitrogens with zero attached hydrogens (tertiary/aromatic N) is 5. The van der Waals surface area contributed by atoms with Gasteiger partial charge in [-0.15, -0.1) is 0 Å². The molecule has 0 saturated heterocycles. The van der Waals surface area contributed by atoms with Crippen LogP contribution in [0.2, 0.25) is 0 Å². The number of hydrogen-bond donors (Lipinski definition) is 1. The van der Waals surface area contributed by atoms with Crippen molar-refractivity contribution in [1.82, 2.24) is 19.7 Å². The van der Waals surface area contributed by atoms with Gasteiger partial charge >= 0.3 is 6.03 Å². The number of rotatable bonds is 4. The van der Waals surface area contributed by atoms with Crippen LogP contribution in [-0.4, -0.2) is 38.8 Å². The molecule has 0 atom stereocenters. The third-order valence-electron chi connectivity index (χ3n) is 4.62. The maximum absolute atomic E-state index is 12.5. The Morgan fingerprint density at radius 2 is 2.00 bits per heavy atom. The van der Waals surface area contributed by atoms with E-state index in [0.717, 1.165) is 22.0 Å². The number of pyridine rings is 1. The summed E-state index contributed by atoms with van der Waals surface area (Å²) in [5.74, 6) is 0.889. The van der Waals surface area contributed by atoms with E-state index in [1.807, 2.05) is 52.0 Å². The number of amides is 2.